The largest absolute Gasteiger partial charge is 0.444 e. The number of ether oxygens (including phenoxy) is 1. The van der Waals surface area contributed by atoms with Crippen LogP contribution in [0.15, 0.2) is 29.5 Å². The topological polar surface area (TPSA) is 99.1 Å². The molecule has 0 spiro atoms. The summed E-state index contributed by atoms with van der Waals surface area (Å²) in [4.78, 5) is 22.6. The van der Waals surface area contributed by atoms with E-state index < -0.39 is 17.8 Å². The molecule has 0 aliphatic carbocycles. The number of hydrogen-bond donors (Lipinski definition) is 3. The van der Waals surface area contributed by atoms with E-state index in [9.17, 15) is 9.90 Å². The number of carbonyl (C=O) groups is 1. The van der Waals surface area contributed by atoms with Gasteiger partial charge in [0.1, 0.15) is 5.60 Å². The number of hydrogen-bond acceptors (Lipinski definition) is 5. The third kappa shape index (κ3) is 7.05. The smallest absolute Gasteiger partial charge is 0.407 e. The van der Waals surface area contributed by atoms with Crippen molar-refractivity contribution in [2.24, 2.45) is 4.99 Å². The van der Waals surface area contributed by atoms with E-state index in [0.717, 1.165) is 31.0 Å². The Kier molecular flexibility index (Phi) is 7.41. The van der Waals surface area contributed by atoms with Gasteiger partial charge in [0.15, 0.2) is 5.96 Å². The number of aliphatic hydroxyl groups excluding tert-OH is 1. The third-order valence-electron chi connectivity index (χ3n) is 4.05. The zero-order chi connectivity index (χ0) is 19.9. The van der Waals surface area contributed by atoms with Crippen LogP contribution in [0.5, 0.6) is 0 Å². The van der Waals surface area contributed by atoms with Crippen molar-refractivity contribution in [1.82, 2.24) is 20.5 Å². The maximum Gasteiger partial charge on any atom is 0.407 e. The maximum atomic E-state index is 12.0. The highest BCUT2D eigenvalue weighted by Gasteiger charge is 2.28. The highest BCUT2D eigenvalue weighted by molar-refractivity contribution is 5.80. The van der Waals surface area contributed by atoms with Crippen molar-refractivity contribution >= 4 is 12.1 Å². The average Bonchev–Trinajstić information content (AvgIpc) is 3.05. The third-order valence-corrected chi connectivity index (χ3v) is 4.05. The van der Waals surface area contributed by atoms with Gasteiger partial charge in [-0.05, 0) is 51.8 Å². The molecule has 2 atom stereocenters. The number of pyridine rings is 1. The first-order valence-corrected chi connectivity index (χ1v) is 9.39. The number of nitrogens with one attached hydrogen (secondary N) is 2. The van der Waals surface area contributed by atoms with Gasteiger partial charge in [0, 0.05) is 32.0 Å². The van der Waals surface area contributed by atoms with Gasteiger partial charge < -0.3 is 25.4 Å². The second-order valence-electron chi connectivity index (χ2n) is 7.57. The molecule has 0 aromatic carbocycles. The summed E-state index contributed by atoms with van der Waals surface area (Å²) < 4.78 is 5.32. The number of aliphatic imine (C=N–C) groups is 1. The van der Waals surface area contributed by atoms with Crippen molar-refractivity contribution < 1.29 is 14.6 Å². The molecule has 1 aliphatic heterocycles. The molecule has 150 valence electrons. The number of rotatable bonds is 5. The Morgan fingerprint density at radius 3 is 2.78 bits per heavy atom. The number of alkyl carbamates (subject to hydrolysis) is 1. The van der Waals surface area contributed by atoms with Crippen LogP contribution in [-0.4, -0.2) is 64.9 Å². The van der Waals surface area contributed by atoms with Crippen LogP contribution in [-0.2, 0) is 4.74 Å². The lowest BCUT2D eigenvalue weighted by Gasteiger charge is -2.23. The van der Waals surface area contributed by atoms with E-state index >= 15 is 0 Å². The van der Waals surface area contributed by atoms with Crippen LogP contribution in [0.4, 0.5) is 4.79 Å². The summed E-state index contributed by atoms with van der Waals surface area (Å²) in [5.74, 6) is 0.735. The zero-order valence-corrected chi connectivity index (χ0v) is 16.6. The van der Waals surface area contributed by atoms with E-state index in [2.05, 4.69) is 25.5 Å². The summed E-state index contributed by atoms with van der Waals surface area (Å²) in [5, 5.41) is 16.5. The molecule has 8 heteroatoms. The maximum absolute atomic E-state index is 12.0. The summed E-state index contributed by atoms with van der Waals surface area (Å²) in [7, 11) is 0. The van der Waals surface area contributed by atoms with Gasteiger partial charge in [-0.2, -0.15) is 0 Å². The van der Waals surface area contributed by atoms with Crippen molar-refractivity contribution in [1.29, 1.82) is 0 Å². The van der Waals surface area contributed by atoms with Crippen LogP contribution in [0.1, 0.15) is 45.8 Å². The quantitative estimate of drug-likeness (QED) is 0.533. The summed E-state index contributed by atoms with van der Waals surface area (Å²) in [6, 6.07) is 3.57. The van der Waals surface area contributed by atoms with Crippen LogP contribution < -0.4 is 10.6 Å². The second kappa shape index (κ2) is 9.55. The Morgan fingerprint density at radius 2 is 2.15 bits per heavy atom. The monoisotopic (exact) mass is 377 g/mol. The molecular weight excluding hydrogens is 346 g/mol. The summed E-state index contributed by atoms with van der Waals surface area (Å²) in [6.07, 6.45) is 3.04. The van der Waals surface area contributed by atoms with E-state index in [1.165, 1.54) is 0 Å². The normalized spacial score (nSPS) is 18.9. The van der Waals surface area contributed by atoms with Crippen LogP contribution >= 0.6 is 0 Å². The standard InChI is InChI=1S/C19H31N5O3/c1-5-21-17(22-12-16(25)14-6-9-20-10-7-14)24-11-8-15(13-24)23-18(26)27-19(2,3)4/h6-7,9-10,15-16,25H,5,8,11-13H2,1-4H3,(H,21,22)(H,23,26). The van der Waals surface area contributed by atoms with Gasteiger partial charge in [-0.1, -0.05) is 0 Å². The Hall–Kier alpha value is -2.35. The van der Waals surface area contributed by atoms with Crippen molar-refractivity contribution in [2.45, 2.75) is 51.9 Å². The first-order chi connectivity index (χ1) is 12.8. The molecule has 0 saturated carbocycles. The fourth-order valence-corrected chi connectivity index (χ4v) is 2.83. The molecule has 3 N–H and O–H groups in total. The predicted octanol–water partition coefficient (Wildman–Crippen LogP) is 1.68. The number of aromatic nitrogens is 1. The first kappa shape index (κ1) is 21.0. The highest BCUT2D eigenvalue weighted by Crippen LogP contribution is 2.14. The van der Waals surface area contributed by atoms with Crippen molar-refractivity contribution in [2.75, 3.05) is 26.2 Å². The number of amides is 1. The van der Waals surface area contributed by atoms with Crippen molar-refractivity contribution in [3.63, 3.8) is 0 Å². The lowest BCUT2D eigenvalue weighted by molar-refractivity contribution is 0.0507. The molecule has 1 fully saturated rings. The fourth-order valence-electron chi connectivity index (χ4n) is 2.83. The van der Waals surface area contributed by atoms with E-state index in [-0.39, 0.29) is 12.6 Å². The molecule has 8 nitrogen and oxygen atoms in total. The minimum absolute atomic E-state index is 0.00817. The van der Waals surface area contributed by atoms with Gasteiger partial charge in [-0.15, -0.1) is 0 Å². The van der Waals surface area contributed by atoms with Gasteiger partial charge in [-0.3, -0.25) is 9.98 Å². The Labute approximate surface area is 161 Å². The number of aliphatic hydroxyl groups is 1. The minimum Gasteiger partial charge on any atom is -0.444 e. The molecule has 0 radical (unpaired) electrons. The molecule has 2 unspecified atom stereocenters. The number of guanidine groups is 1. The summed E-state index contributed by atoms with van der Waals surface area (Å²) in [6.45, 7) is 9.94. The summed E-state index contributed by atoms with van der Waals surface area (Å²) >= 11 is 0. The molecule has 2 rings (SSSR count). The minimum atomic E-state index is -0.681. The SMILES string of the molecule is CCNC(=NCC(O)c1ccncc1)N1CCC(NC(=O)OC(C)(C)C)C1. The van der Waals surface area contributed by atoms with Crippen molar-refractivity contribution in [3.05, 3.63) is 30.1 Å². The van der Waals surface area contributed by atoms with Gasteiger partial charge in [0.2, 0.25) is 0 Å². The second-order valence-corrected chi connectivity index (χ2v) is 7.57. The van der Waals surface area contributed by atoms with Crippen LogP contribution in [0.2, 0.25) is 0 Å². The lowest BCUT2D eigenvalue weighted by Crippen LogP contribution is -2.44. The fraction of sp³-hybridized carbons (Fsp3) is 0.632. The molecule has 1 amide bonds. The molecule has 2 heterocycles. The summed E-state index contributed by atoms with van der Waals surface area (Å²) in [5.41, 5.74) is 0.275. The molecule has 1 saturated heterocycles. The zero-order valence-electron chi connectivity index (χ0n) is 16.6. The Morgan fingerprint density at radius 1 is 1.44 bits per heavy atom. The van der Waals surface area contributed by atoms with Gasteiger partial charge in [0.25, 0.3) is 0 Å². The average molecular weight is 377 g/mol. The highest BCUT2D eigenvalue weighted by atomic mass is 16.6. The Bertz CT molecular complexity index is 630. The molecule has 1 aromatic rings. The van der Waals surface area contributed by atoms with Gasteiger partial charge >= 0.3 is 6.09 Å². The molecule has 1 aliphatic rings. The van der Waals surface area contributed by atoms with E-state index in [0.29, 0.717) is 6.54 Å². The Balaban J connectivity index is 1.92. The molecular formula is C19H31N5O3. The number of carbonyl (C=O) groups excluding carboxylic acids is 1. The van der Waals surface area contributed by atoms with E-state index in [1.807, 2.05) is 27.7 Å². The van der Waals surface area contributed by atoms with Crippen molar-refractivity contribution in [3.8, 4) is 0 Å². The molecule has 27 heavy (non-hydrogen) atoms. The number of nitrogens with zero attached hydrogens (tertiary/aromatic N) is 3. The first-order valence-electron chi connectivity index (χ1n) is 9.39. The van der Waals surface area contributed by atoms with Crippen LogP contribution in [0, 0.1) is 0 Å². The lowest BCUT2D eigenvalue weighted by atomic mass is 10.1. The molecule has 0 bridgehead atoms. The predicted molar refractivity (Wildman–Crippen MR) is 105 cm³/mol. The van der Waals surface area contributed by atoms with E-state index in [4.69, 9.17) is 4.74 Å². The van der Waals surface area contributed by atoms with Crippen LogP contribution in [0.25, 0.3) is 0 Å². The molecule has 1 aromatic heterocycles. The van der Waals surface area contributed by atoms with Crippen LogP contribution in [0.3, 0.4) is 0 Å². The number of likely N-dealkylation sites (tertiary alicyclic amines) is 1. The van der Waals surface area contributed by atoms with E-state index in [1.54, 1.807) is 24.5 Å². The van der Waals surface area contributed by atoms with Gasteiger partial charge in [-0.25, -0.2) is 4.79 Å². The van der Waals surface area contributed by atoms with Gasteiger partial charge in [0.05, 0.1) is 18.7 Å².